The predicted molar refractivity (Wildman–Crippen MR) is 95.9 cm³/mol. The minimum atomic E-state index is -0.727. The Kier molecular flexibility index (Phi) is 6.86. The molecular weight excluding hydrogens is 368 g/mol. The topological polar surface area (TPSA) is 105 Å². The monoisotopic (exact) mass is 386 g/mol. The molecule has 2 rings (SSSR count). The molecule has 0 spiro atoms. The van der Waals surface area contributed by atoms with Gasteiger partial charge in [0.1, 0.15) is 29.4 Å². The van der Waals surface area contributed by atoms with E-state index in [1.54, 1.807) is 12.1 Å². The Labute approximate surface area is 161 Å². The first-order valence-corrected chi connectivity index (χ1v) is 8.20. The Morgan fingerprint density at radius 2 is 1.36 bits per heavy atom. The first-order chi connectivity index (χ1) is 13.3. The van der Waals surface area contributed by atoms with Gasteiger partial charge in [0.25, 0.3) is 0 Å². The van der Waals surface area contributed by atoms with Crippen molar-refractivity contribution in [1.29, 1.82) is 0 Å². The highest BCUT2D eigenvalue weighted by Gasteiger charge is 2.17. The van der Waals surface area contributed by atoms with Crippen LogP contribution in [0.1, 0.15) is 36.7 Å². The number of carbonyl (C=O) groups is 4. The highest BCUT2D eigenvalue weighted by molar-refractivity contribution is 5.93. The Morgan fingerprint density at radius 1 is 0.750 bits per heavy atom. The standard InChI is InChI=1S/C20H18O8/c1-12(21)26-16-9-8-15(19(10-16)28-14(3)23)11-25-20(24)17-6-4-5-7-18(17)27-13(2)22/h4-10H,11H2,1-3H3. The van der Waals surface area contributed by atoms with Crippen molar-refractivity contribution in [1.82, 2.24) is 0 Å². The summed E-state index contributed by atoms with van der Waals surface area (Å²) in [5.41, 5.74) is 0.452. The van der Waals surface area contributed by atoms with Gasteiger partial charge in [0.2, 0.25) is 0 Å². The summed E-state index contributed by atoms with van der Waals surface area (Å²) in [6.45, 7) is 3.44. The second-order valence-corrected chi connectivity index (χ2v) is 5.62. The first kappa shape index (κ1) is 20.6. The quantitative estimate of drug-likeness (QED) is 0.551. The zero-order valence-electron chi connectivity index (χ0n) is 15.5. The van der Waals surface area contributed by atoms with Crippen molar-refractivity contribution in [3.05, 3.63) is 53.6 Å². The Balaban J connectivity index is 2.19. The maximum absolute atomic E-state index is 12.4. The number of para-hydroxylation sites is 1. The Morgan fingerprint density at radius 3 is 2.00 bits per heavy atom. The third-order valence-electron chi connectivity index (χ3n) is 3.27. The molecule has 0 N–H and O–H groups in total. The summed E-state index contributed by atoms with van der Waals surface area (Å²) >= 11 is 0. The van der Waals surface area contributed by atoms with E-state index in [4.69, 9.17) is 18.9 Å². The van der Waals surface area contributed by atoms with Crippen LogP contribution in [-0.4, -0.2) is 23.9 Å². The van der Waals surface area contributed by atoms with E-state index in [-0.39, 0.29) is 29.4 Å². The largest absolute Gasteiger partial charge is 0.457 e. The molecule has 2 aromatic carbocycles. The van der Waals surface area contributed by atoms with Crippen LogP contribution in [0.5, 0.6) is 17.2 Å². The second kappa shape index (κ2) is 9.31. The molecule has 0 amide bonds. The normalized spacial score (nSPS) is 9.96. The lowest BCUT2D eigenvalue weighted by Gasteiger charge is -2.12. The molecule has 0 unspecified atom stereocenters. The highest BCUT2D eigenvalue weighted by atomic mass is 16.6. The summed E-state index contributed by atoms with van der Waals surface area (Å²) in [6, 6.07) is 10.5. The molecule has 0 atom stereocenters. The molecule has 0 radical (unpaired) electrons. The smallest absolute Gasteiger partial charge is 0.342 e. The summed E-state index contributed by atoms with van der Waals surface area (Å²) in [4.78, 5) is 45.9. The van der Waals surface area contributed by atoms with E-state index < -0.39 is 23.9 Å². The zero-order chi connectivity index (χ0) is 20.7. The van der Waals surface area contributed by atoms with Crippen LogP contribution in [-0.2, 0) is 25.7 Å². The van der Waals surface area contributed by atoms with E-state index >= 15 is 0 Å². The lowest BCUT2D eigenvalue weighted by molar-refractivity contribution is -0.133. The number of esters is 4. The molecule has 0 aliphatic carbocycles. The van der Waals surface area contributed by atoms with Gasteiger partial charge in [0.15, 0.2) is 0 Å². The SMILES string of the molecule is CC(=O)Oc1ccc(COC(=O)c2ccccc2OC(C)=O)c(OC(C)=O)c1. The van der Waals surface area contributed by atoms with Crippen LogP contribution in [0.2, 0.25) is 0 Å². The van der Waals surface area contributed by atoms with E-state index in [1.165, 1.54) is 51.1 Å². The molecule has 0 bridgehead atoms. The molecule has 8 nitrogen and oxygen atoms in total. The van der Waals surface area contributed by atoms with Crippen molar-refractivity contribution in [2.24, 2.45) is 0 Å². The van der Waals surface area contributed by atoms with Crippen molar-refractivity contribution < 1.29 is 38.1 Å². The van der Waals surface area contributed by atoms with Gasteiger partial charge in [-0.05, 0) is 24.3 Å². The number of hydrogen-bond donors (Lipinski definition) is 0. The molecule has 28 heavy (non-hydrogen) atoms. The summed E-state index contributed by atoms with van der Waals surface area (Å²) < 4.78 is 20.3. The van der Waals surface area contributed by atoms with Crippen molar-refractivity contribution in [2.75, 3.05) is 0 Å². The van der Waals surface area contributed by atoms with Crippen LogP contribution in [0.15, 0.2) is 42.5 Å². The van der Waals surface area contributed by atoms with E-state index in [0.717, 1.165) is 0 Å². The number of carbonyl (C=O) groups excluding carboxylic acids is 4. The fourth-order valence-electron chi connectivity index (χ4n) is 2.23. The van der Waals surface area contributed by atoms with Crippen LogP contribution < -0.4 is 14.2 Å². The van der Waals surface area contributed by atoms with Crippen molar-refractivity contribution >= 4 is 23.9 Å². The lowest BCUT2D eigenvalue weighted by Crippen LogP contribution is -2.11. The van der Waals surface area contributed by atoms with Crippen LogP contribution in [0.25, 0.3) is 0 Å². The molecule has 0 saturated carbocycles. The molecule has 0 aliphatic heterocycles. The molecule has 0 aromatic heterocycles. The van der Waals surface area contributed by atoms with E-state index in [1.807, 2.05) is 0 Å². The molecule has 8 heteroatoms. The molecule has 0 heterocycles. The third kappa shape index (κ3) is 5.94. The van der Waals surface area contributed by atoms with Crippen LogP contribution in [0.3, 0.4) is 0 Å². The maximum Gasteiger partial charge on any atom is 0.342 e. The van der Waals surface area contributed by atoms with E-state index in [0.29, 0.717) is 5.56 Å². The predicted octanol–water partition coefficient (Wildman–Crippen LogP) is 2.82. The average molecular weight is 386 g/mol. The van der Waals surface area contributed by atoms with Gasteiger partial charge in [-0.1, -0.05) is 12.1 Å². The van der Waals surface area contributed by atoms with Gasteiger partial charge in [-0.2, -0.15) is 0 Å². The van der Waals surface area contributed by atoms with Crippen molar-refractivity contribution in [2.45, 2.75) is 27.4 Å². The lowest BCUT2D eigenvalue weighted by atomic mass is 10.2. The molecule has 0 fully saturated rings. The van der Waals surface area contributed by atoms with Crippen LogP contribution in [0.4, 0.5) is 0 Å². The maximum atomic E-state index is 12.4. The number of rotatable bonds is 6. The summed E-state index contributed by atoms with van der Waals surface area (Å²) in [7, 11) is 0. The molecule has 146 valence electrons. The number of benzene rings is 2. The molecular formula is C20H18O8. The van der Waals surface area contributed by atoms with Crippen molar-refractivity contribution in [3.8, 4) is 17.2 Å². The van der Waals surface area contributed by atoms with Crippen molar-refractivity contribution in [3.63, 3.8) is 0 Å². The van der Waals surface area contributed by atoms with Gasteiger partial charge in [-0.15, -0.1) is 0 Å². The first-order valence-electron chi connectivity index (χ1n) is 8.20. The van der Waals surface area contributed by atoms with Crippen LogP contribution in [0, 0.1) is 0 Å². The minimum absolute atomic E-state index is 0.0725. The zero-order valence-corrected chi connectivity index (χ0v) is 15.5. The Bertz CT molecular complexity index is 916. The van der Waals surface area contributed by atoms with E-state index in [2.05, 4.69) is 0 Å². The van der Waals surface area contributed by atoms with Gasteiger partial charge in [-0.3, -0.25) is 14.4 Å². The van der Waals surface area contributed by atoms with E-state index in [9.17, 15) is 19.2 Å². The summed E-state index contributed by atoms with van der Waals surface area (Å²) in [6.07, 6.45) is 0. The van der Waals surface area contributed by atoms with Gasteiger partial charge < -0.3 is 18.9 Å². The summed E-state index contributed by atoms with van der Waals surface area (Å²) in [5.74, 6) is -2.08. The summed E-state index contributed by atoms with van der Waals surface area (Å²) in [5, 5.41) is 0. The fourth-order valence-corrected chi connectivity index (χ4v) is 2.23. The van der Waals surface area contributed by atoms with Gasteiger partial charge in [-0.25, -0.2) is 4.79 Å². The van der Waals surface area contributed by atoms with Gasteiger partial charge >= 0.3 is 23.9 Å². The minimum Gasteiger partial charge on any atom is -0.457 e. The molecule has 2 aromatic rings. The molecule has 0 aliphatic rings. The van der Waals surface area contributed by atoms with Gasteiger partial charge in [0, 0.05) is 32.4 Å². The average Bonchev–Trinajstić information content (AvgIpc) is 2.59. The Hall–Kier alpha value is -3.68. The van der Waals surface area contributed by atoms with Crippen LogP contribution >= 0.6 is 0 Å². The van der Waals surface area contributed by atoms with Gasteiger partial charge in [0.05, 0.1) is 0 Å². The number of hydrogen-bond acceptors (Lipinski definition) is 8. The highest BCUT2D eigenvalue weighted by Crippen LogP contribution is 2.27. The molecule has 0 saturated heterocycles. The second-order valence-electron chi connectivity index (χ2n) is 5.62. The third-order valence-corrected chi connectivity index (χ3v) is 3.27. The fraction of sp³-hybridized carbons (Fsp3) is 0.200. The number of ether oxygens (including phenoxy) is 4.